The van der Waals surface area contributed by atoms with Crippen molar-refractivity contribution in [2.24, 2.45) is 0 Å². The first-order chi connectivity index (χ1) is 10.2. The Morgan fingerprint density at radius 2 is 2.14 bits per heavy atom. The SMILES string of the molecule is COc1ccc(-n2nc3c(c(C#N)c2=N)CCOC3)cc1. The summed E-state index contributed by atoms with van der Waals surface area (Å²) in [6.07, 6.45) is 0.626. The van der Waals surface area contributed by atoms with Crippen LogP contribution in [0, 0.1) is 16.7 Å². The molecular formula is C15H14N4O2. The Labute approximate surface area is 121 Å². The zero-order valence-corrected chi connectivity index (χ0v) is 11.6. The molecule has 0 saturated carbocycles. The van der Waals surface area contributed by atoms with Gasteiger partial charge in [0.05, 0.1) is 31.7 Å². The number of rotatable bonds is 2. The Kier molecular flexibility index (Phi) is 3.42. The van der Waals surface area contributed by atoms with Gasteiger partial charge in [-0.25, -0.2) is 4.68 Å². The number of nitrogens with one attached hydrogen (secondary N) is 1. The summed E-state index contributed by atoms with van der Waals surface area (Å²) in [5.74, 6) is 0.729. The van der Waals surface area contributed by atoms with Gasteiger partial charge in [0.15, 0.2) is 5.49 Å². The van der Waals surface area contributed by atoms with Crippen LogP contribution in [0.15, 0.2) is 24.3 Å². The smallest absolute Gasteiger partial charge is 0.164 e. The Bertz CT molecular complexity index is 772. The van der Waals surface area contributed by atoms with Gasteiger partial charge in [0.2, 0.25) is 0 Å². The molecule has 1 aliphatic heterocycles. The van der Waals surface area contributed by atoms with Crippen molar-refractivity contribution in [3.8, 4) is 17.5 Å². The maximum absolute atomic E-state index is 9.36. The Morgan fingerprint density at radius 3 is 2.81 bits per heavy atom. The first kappa shape index (κ1) is 13.3. The van der Waals surface area contributed by atoms with E-state index in [-0.39, 0.29) is 5.49 Å². The number of benzene rings is 1. The standard InChI is InChI=1S/C15H14N4O2/c1-20-11-4-2-10(3-5-11)19-15(17)13(8-16)12-6-7-21-9-14(12)18-19/h2-5,17H,6-7,9H2,1H3. The molecule has 3 rings (SSSR count). The Morgan fingerprint density at radius 1 is 1.38 bits per heavy atom. The topological polar surface area (TPSA) is 83.9 Å². The molecule has 1 aliphatic rings. The molecule has 6 nitrogen and oxygen atoms in total. The Hall–Kier alpha value is -2.65. The Balaban J connectivity index is 2.18. The number of fused-ring (bicyclic) bond motifs is 1. The minimum absolute atomic E-state index is 0.100. The molecule has 21 heavy (non-hydrogen) atoms. The quantitative estimate of drug-likeness (QED) is 0.900. The van der Waals surface area contributed by atoms with Crippen molar-refractivity contribution in [1.82, 2.24) is 9.78 Å². The fourth-order valence-electron chi connectivity index (χ4n) is 2.38. The molecule has 0 amide bonds. The van der Waals surface area contributed by atoms with E-state index < -0.39 is 0 Å². The molecule has 0 aliphatic carbocycles. The van der Waals surface area contributed by atoms with Gasteiger partial charge in [-0.1, -0.05) is 0 Å². The average molecular weight is 282 g/mol. The average Bonchev–Trinajstić information content (AvgIpc) is 2.54. The van der Waals surface area contributed by atoms with Gasteiger partial charge in [-0.15, -0.1) is 0 Å². The van der Waals surface area contributed by atoms with Crippen molar-refractivity contribution in [2.45, 2.75) is 13.0 Å². The van der Waals surface area contributed by atoms with Crippen molar-refractivity contribution < 1.29 is 9.47 Å². The highest BCUT2D eigenvalue weighted by Gasteiger charge is 2.19. The lowest BCUT2D eigenvalue weighted by atomic mass is 10.0. The minimum atomic E-state index is 0.100. The molecule has 0 saturated heterocycles. The van der Waals surface area contributed by atoms with Gasteiger partial charge in [-0.05, 0) is 30.7 Å². The van der Waals surface area contributed by atoms with Gasteiger partial charge in [0.25, 0.3) is 0 Å². The van der Waals surface area contributed by atoms with E-state index >= 15 is 0 Å². The van der Waals surface area contributed by atoms with E-state index in [2.05, 4.69) is 11.2 Å². The fraction of sp³-hybridized carbons (Fsp3) is 0.267. The van der Waals surface area contributed by atoms with Crippen LogP contribution in [0.25, 0.3) is 5.69 Å². The molecule has 6 heteroatoms. The maximum atomic E-state index is 9.36. The van der Waals surface area contributed by atoms with E-state index in [0.29, 0.717) is 30.9 Å². The van der Waals surface area contributed by atoms with Gasteiger partial charge in [0, 0.05) is 5.56 Å². The molecule has 0 bridgehead atoms. The number of methoxy groups -OCH3 is 1. The van der Waals surface area contributed by atoms with Crippen LogP contribution in [0.3, 0.4) is 0 Å². The van der Waals surface area contributed by atoms with Gasteiger partial charge >= 0.3 is 0 Å². The predicted molar refractivity (Wildman–Crippen MR) is 74.0 cm³/mol. The molecule has 1 aromatic heterocycles. The molecule has 0 radical (unpaired) electrons. The van der Waals surface area contributed by atoms with Crippen molar-refractivity contribution in [3.05, 3.63) is 46.6 Å². The van der Waals surface area contributed by atoms with E-state index in [4.69, 9.17) is 14.9 Å². The third kappa shape index (κ3) is 2.28. The van der Waals surface area contributed by atoms with E-state index in [1.807, 2.05) is 0 Å². The number of hydrogen-bond acceptors (Lipinski definition) is 5. The normalized spacial score (nSPS) is 13.3. The molecule has 0 spiro atoms. The van der Waals surface area contributed by atoms with Crippen molar-refractivity contribution >= 4 is 0 Å². The van der Waals surface area contributed by atoms with Gasteiger partial charge < -0.3 is 9.47 Å². The number of nitrogens with zero attached hydrogens (tertiary/aromatic N) is 3. The minimum Gasteiger partial charge on any atom is -0.497 e. The van der Waals surface area contributed by atoms with Crippen LogP contribution in [0.1, 0.15) is 16.8 Å². The third-order valence-electron chi connectivity index (χ3n) is 3.48. The lowest BCUT2D eigenvalue weighted by Gasteiger charge is -2.19. The van der Waals surface area contributed by atoms with Crippen LogP contribution < -0.4 is 10.2 Å². The number of hydrogen-bond donors (Lipinski definition) is 1. The molecular weight excluding hydrogens is 268 g/mol. The first-order valence-corrected chi connectivity index (χ1v) is 6.56. The second kappa shape index (κ2) is 5.38. The second-order valence-electron chi connectivity index (χ2n) is 4.67. The van der Waals surface area contributed by atoms with Crippen LogP contribution in [-0.4, -0.2) is 23.5 Å². The molecule has 0 fully saturated rings. The summed E-state index contributed by atoms with van der Waals surface area (Å²) in [4.78, 5) is 0. The van der Waals surface area contributed by atoms with E-state index in [1.54, 1.807) is 31.4 Å². The van der Waals surface area contributed by atoms with E-state index in [1.165, 1.54) is 4.68 Å². The first-order valence-electron chi connectivity index (χ1n) is 6.56. The van der Waals surface area contributed by atoms with E-state index in [9.17, 15) is 5.26 Å². The third-order valence-corrected chi connectivity index (χ3v) is 3.48. The lowest BCUT2D eigenvalue weighted by Crippen LogP contribution is -2.30. The summed E-state index contributed by atoms with van der Waals surface area (Å²) < 4.78 is 12.0. The zero-order chi connectivity index (χ0) is 14.8. The van der Waals surface area contributed by atoms with Crippen molar-refractivity contribution in [3.63, 3.8) is 0 Å². The van der Waals surface area contributed by atoms with Gasteiger partial charge in [-0.3, -0.25) is 5.41 Å². The molecule has 1 N–H and O–H groups in total. The van der Waals surface area contributed by atoms with Crippen LogP contribution in [0.4, 0.5) is 0 Å². The summed E-state index contributed by atoms with van der Waals surface area (Å²) in [5.41, 5.74) is 2.75. The molecule has 0 unspecified atom stereocenters. The largest absolute Gasteiger partial charge is 0.497 e. The second-order valence-corrected chi connectivity index (χ2v) is 4.67. The van der Waals surface area contributed by atoms with Crippen LogP contribution in [0.5, 0.6) is 5.75 Å². The highest BCUT2D eigenvalue weighted by Crippen LogP contribution is 2.18. The fourth-order valence-corrected chi connectivity index (χ4v) is 2.38. The summed E-state index contributed by atoms with van der Waals surface area (Å²) >= 11 is 0. The summed E-state index contributed by atoms with van der Waals surface area (Å²) in [7, 11) is 1.60. The molecule has 2 heterocycles. The molecule has 0 atom stereocenters. The van der Waals surface area contributed by atoms with Crippen LogP contribution in [0.2, 0.25) is 0 Å². The maximum Gasteiger partial charge on any atom is 0.164 e. The number of aromatic nitrogens is 2. The summed E-state index contributed by atoms with van der Waals surface area (Å²) in [5, 5.41) is 22.0. The summed E-state index contributed by atoms with van der Waals surface area (Å²) in [6.45, 7) is 0.940. The van der Waals surface area contributed by atoms with Crippen LogP contribution >= 0.6 is 0 Å². The molecule has 1 aromatic carbocycles. The monoisotopic (exact) mass is 282 g/mol. The highest BCUT2D eigenvalue weighted by molar-refractivity contribution is 5.42. The van der Waals surface area contributed by atoms with Crippen LogP contribution in [-0.2, 0) is 17.8 Å². The van der Waals surface area contributed by atoms with Crippen molar-refractivity contribution in [2.75, 3.05) is 13.7 Å². The predicted octanol–water partition coefficient (Wildman–Crippen LogP) is 1.30. The summed E-state index contributed by atoms with van der Waals surface area (Å²) in [6, 6.07) is 9.33. The number of ether oxygens (including phenoxy) is 2. The van der Waals surface area contributed by atoms with Gasteiger partial charge in [0.1, 0.15) is 17.4 Å². The number of nitriles is 1. The van der Waals surface area contributed by atoms with Crippen molar-refractivity contribution in [1.29, 1.82) is 10.7 Å². The van der Waals surface area contributed by atoms with E-state index in [0.717, 1.165) is 17.0 Å². The highest BCUT2D eigenvalue weighted by atomic mass is 16.5. The zero-order valence-electron chi connectivity index (χ0n) is 11.6. The molecule has 106 valence electrons. The molecule has 2 aromatic rings. The lowest BCUT2D eigenvalue weighted by molar-refractivity contribution is 0.105. The van der Waals surface area contributed by atoms with Gasteiger partial charge in [-0.2, -0.15) is 10.4 Å².